The first-order valence-electron chi connectivity index (χ1n) is 4.64. The van der Waals surface area contributed by atoms with Crippen molar-refractivity contribution < 1.29 is 9.47 Å². The summed E-state index contributed by atoms with van der Waals surface area (Å²) in [6.45, 7) is 2.31. The highest BCUT2D eigenvalue weighted by Gasteiger charge is 2.33. The molecule has 0 aromatic carbocycles. The van der Waals surface area contributed by atoms with Crippen LogP contribution >= 0.6 is 0 Å². The van der Waals surface area contributed by atoms with Crippen LogP contribution in [0.5, 0.6) is 0 Å². The molecular formula is C7H12N6O2. The molecule has 1 rings (SSSR count). The fourth-order valence-electron chi connectivity index (χ4n) is 1.34. The van der Waals surface area contributed by atoms with E-state index in [-0.39, 0.29) is 31.6 Å². The molecule has 1 aliphatic rings. The highest BCUT2D eigenvalue weighted by molar-refractivity contribution is 4.81. The van der Waals surface area contributed by atoms with Gasteiger partial charge in [0.2, 0.25) is 0 Å². The first-order valence-corrected chi connectivity index (χ1v) is 4.64. The van der Waals surface area contributed by atoms with Crippen LogP contribution in [0.1, 0.15) is 13.3 Å². The van der Waals surface area contributed by atoms with E-state index in [1.165, 1.54) is 0 Å². The van der Waals surface area contributed by atoms with Crippen molar-refractivity contribution in [2.75, 3.05) is 13.1 Å². The van der Waals surface area contributed by atoms with Gasteiger partial charge >= 0.3 is 0 Å². The largest absolute Gasteiger partial charge is 0.347 e. The SMILES string of the molecule is CCC1OC(CN=[N+]=[N-])C(CN=[N+]=[N-])O1. The van der Waals surface area contributed by atoms with Gasteiger partial charge in [0.25, 0.3) is 0 Å². The van der Waals surface area contributed by atoms with E-state index in [1.807, 2.05) is 6.92 Å². The summed E-state index contributed by atoms with van der Waals surface area (Å²) in [5.41, 5.74) is 16.4. The Balaban J connectivity index is 2.55. The number of ether oxygens (including phenoxy) is 2. The molecule has 82 valence electrons. The van der Waals surface area contributed by atoms with Gasteiger partial charge in [0.05, 0.1) is 25.3 Å². The summed E-state index contributed by atoms with van der Waals surface area (Å²) in [6.07, 6.45) is -0.241. The predicted molar refractivity (Wildman–Crippen MR) is 51.9 cm³/mol. The van der Waals surface area contributed by atoms with Crippen molar-refractivity contribution in [1.29, 1.82) is 0 Å². The molecule has 1 heterocycles. The van der Waals surface area contributed by atoms with Crippen LogP contribution in [0.3, 0.4) is 0 Å². The van der Waals surface area contributed by atoms with Crippen molar-refractivity contribution in [3.63, 3.8) is 0 Å². The number of azide groups is 2. The second kappa shape index (κ2) is 6.10. The van der Waals surface area contributed by atoms with Gasteiger partial charge in [0.1, 0.15) is 0 Å². The molecule has 0 saturated carbocycles. The molecular weight excluding hydrogens is 200 g/mol. The maximum absolute atomic E-state index is 8.19. The zero-order valence-electron chi connectivity index (χ0n) is 8.35. The number of hydrogen-bond donors (Lipinski definition) is 0. The Bertz CT molecular complexity index is 268. The molecule has 0 radical (unpaired) electrons. The van der Waals surface area contributed by atoms with E-state index in [4.69, 9.17) is 20.5 Å². The van der Waals surface area contributed by atoms with Crippen LogP contribution in [0, 0.1) is 0 Å². The maximum atomic E-state index is 8.19. The monoisotopic (exact) mass is 212 g/mol. The molecule has 1 fully saturated rings. The van der Waals surface area contributed by atoms with Gasteiger partial charge in [-0.1, -0.05) is 17.2 Å². The smallest absolute Gasteiger partial charge is 0.158 e. The van der Waals surface area contributed by atoms with E-state index >= 15 is 0 Å². The van der Waals surface area contributed by atoms with Crippen LogP contribution in [-0.4, -0.2) is 31.6 Å². The normalized spacial score (nSPS) is 29.3. The minimum Gasteiger partial charge on any atom is -0.347 e. The van der Waals surface area contributed by atoms with E-state index in [0.29, 0.717) is 6.42 Å². The van der Waals surface area contributed by atoms with E-state index < -0.39 is 0 Å². The number of rotatable bonds is 5. The van der Waals surface area contributed by atoms with Crippen molar-refractivity contribution in [2.24, 2.45) is 10.2 Å². The van der Waals surface area contributed by atoms with Gasteiger partial charge < -0.3 is 9.47 Å². The molecule has 8 heteroatoms. The maximum Gasteiger partial charge on any atom is 0.158 e. The van der Waals surface area contributed by atoms with Gasteiger partial charge in [-0.3, -0.25) is 0 Å². The van der Waals surface area contributed by atoms with E-state index in [9.17, 15) is 0 Å². The van der Waals surface area contributed by atoms with E-state index in [1.54, 1.807) is 0 Å². The second-order valence-electron chi connectivity index (χ2n) is 3.01. The zero-order valence-corrected chi connectivity index (χ0v) is 8.35. The molecule has 0 aromatic rings. The third-order valence-electron chi connectivity index (χ3n) is 2.05. The van der Waals surface area contributed by atoms with Gasteiger partial charge in [0, 0.05) is 9.82 Å². The predicted octanol–water partition coefficient (Wildman–Crippen LogP) is 2.13. The standard InChI is InChI=1S/C7H12N6O2/c1-2-7-14-5(3-10-12-8)6(15-7)4-11-13-9/h5-7H,2-4H2,1H3. The topological polar surface area (TPSA) is 116 Å². The lowest BCUT2D eigenvalue weighted by atomic mass is 10.2. The molecule has 0 N–H and O–H groups in total. The molecule has 8 nitrogen and oxygen atoms in total. The fourth-order valence-corrected chi connectivity index (χ4v) is 1.34. The van der Waals surface area contributed by atoms with Gasteiger partial charge in [-0.15, -0.1) is 0 Å². The first-order chi connectivity index (χ1) is 7.31. The van der Waals surface area contributed by atoms with Crippen molar-refractivity contribution in [3.05, 3.63) is 20.9 Å². The van der Waals surface area contributed by atoms with Gasteiger partial charge in [0.15, 0.2) is 6.29 Å². The van der Waals surface area contributed by atoms with Crippen molar-refractivity contribution in [1.82, 2.24) is 0 Å². The zero-order chi connectivity index (χ0) is 11.1. The van der Waals surface area contributed by atoms with Crippen molar-refractivity contribution in [3.8, 4) is 0 Å². The van der Waals surface area contributed by atoms with Crippen molar-refractivity contribution >= 4 is 0 Å². The van der Waals surface area contributed by atoms with Gasteiger partial charge in [-0.25, -0.2) is 0 Å². The summed E-state index contributed by atoms with van der Waals surface area (Å²) >= 11 is 0. The van der Waals surface area contributed by atoms with Crippen LogP contribution in [-0.2, 0) is 9.47 Å². The van der Waals surface area contributed by atoms with Crippen LogP contribution in [0.4, 0.5) is 0 Å². The average Bonchev–Trinajstić information content (AvgIpc) is 2.66. The minimum atomic E-state index is -0.323. The Hall–Kier alpha value is -1.46. The quantitative estimate of drug-likeness (QED) is 0.394. The van der Waals surface area contributed by atoms with E-state index in [0.717, 1.165) is 0 Å². The molecule has 2 atom stereocenters. The van der Waals surface area contributed by atoms with Crippen LogP contribution < -0.4 is 0 Å². The lowest BCUT2D eigenvalue weighted by molar-refractivity contribution is -0.0652. The van der Waals surface area contributed by atoms with Crippen LogP contribution in [0.2, 0.25) is 0 Å². The Labute approximate surface area is 86.4 Å². The van der Waals surface area contributed by atoms with Crippen LogP contribution in [0.15, 0.2) is 10.2 Å². The molecule has 0 bridgehead atoms. The van der Waals surface area contributed by atoms with Gasteiger partial charge in [-0.2, -0.15) is 0 Å². The Morgan fingerprint density at radius 2 is 1.53 bits per heavy atom. The van der Waals surface area contributed by atoms with E-state index in [2.05, 4.69) is 20.1 Å². The second-order valence-corrected chi connectivity index (χ2v) is 3.01. The molecule has 0 amide bonds. The third-order valence-corrected chi connectivity index (χ3v) is 2.05. The first kappa shape index (κ1) is 11.6. The summed E-state index contributed by atoms with van der Waals surface area (Å²) < 4.78 is 10.9. The van der Waals surface area contributed by atoms with Crippen LogP contribution in [0.25, 0.3) is 20.9 Å². The molecule has 1 aliphatic heterocycles. The molecule has 0 spiro atoms. The molecule has 0 aromatic heterocycles. The Morgan fingerprint density at radius 3 is 1.87 bits per heavy atom. The average molecular weight is 212 g/mol. The Morgan fingerprint density at radius 1 is 1.07 bits per heavy atom. The molecule has 0 aliphatic carbocycles. The number of nitrogens with zero attached hydrogens (tertiary/aromatic N) is 6. The number of hydrogen-bond acceptors (Lipinski definition) is 4. The summed E-state index contributed by atoms with van der Waals surface area (Å²) in [5.74, 6) is 0. The molecule has 1 saturated heterocycles. The highest BCUT2D eigenvalue weighted by atomic mass is 16.7. The minimum absolute atomic E-state index is 0.193. The summed E-state index contributed by atoms with van der Waals surface area (Å²) in [7, 11) is 0. The summed E-state index contributed by atoms with van der Waals surface area (Å²) in [5, 5.41) is 6.84. The molecule has 2 unspecified atom stereocenters. The highest BCUT2D eigenvalue weighted by Crippen LogP contribution is 2.22. The lowest BCUT2D eigenvalue weighted by Crippen LogP contribution is -2.27. The van der Waals surface area contributed by atoms with Gasteiger partial charge in [-0.05, 0) is 17.5 Å². The summed E-state index contributed by atoms with van der Waals surface area (Å²) in [6, 6.07) is 0. The molecule has 15 heavy (non-hydrogen) atoms. The third kappa shape index (κ3) is 3.30. The lowest BCUT2D eigenvalue weighted by Gasteiger charge is -2.10. The summed E-state index contributed by atoms with van der Waals surface area (Å²) in [4.78, 5) is 5.30. The fraction of sp³-hybridized carbons (Fsp3) is 1.00. The van der Waals surface area contributed by atoms with Crippen molar-refractivity contribution in [2.45, 2.75) is 31.8 Å². The Kier molecular flexibility index (Phi) is 4.73.